The van der Waals surface area contributed by atoms with E-state index in [1.807, 2.05) is 25.1 Å². The third-order valence-corrected chi connectivity index (χ3v) is 3.18. The molecule has 3 N–H and O–H groups in total. The van der Waals surface area contributed by atoms with Gasteiger partial charge in [-0.2, -0.15) is 5.26 Å². The molecule has 0 unspecified atom stereocenters. The molecule has 118 valence electrons. The van der Waals surface area contributed by atoms with Crippen LogP contribution in [0, 0.1) is 18.3 Å². The van der Waals surface area contributed by atoms with E-state index >= 15 is 0 Å². The number of hydrogen-bond donors (Lipinski definition) is 2. The molecule has 0 atom stereocenters. The fraction of sp³-hybridized carbons (Fsp3) is 0.250. The quantitative estimate of drug-likeness (QED) is 0.866. The highest BCUT2D eigenvalue weighted by molar-refractivity contribution is 5.93. The third kappa shape index (κ3) is 3.74. The Morgan fingerprint density at radius 3 is 2.96 bits per heavy atom. The molecule has 0 radical (unpaired) electrons. The second-order valence-electron chi connectivity index (χ2n) is 4.77. The standard InChI is InChI=1S/C16H17N5O2/c1-3-23-16-11(8-17)12(18)7-13(21-16)15(22)20-9-14-10(2)5-4-6-19-14/h4-7H,3,9H2,1-2H3,(H2,18,21)(H,20,22). The van der Waals surface area contributed by atoms with E-state index in [0.717, 1.165) is 11.3 Å². The third-order valence-electron chi connectivity index (χ3n) is 3.18. The topological polar surface area (TPSA) is 114 Å². The number of carbonyl (C=O) groups excluding carboxylic acids is 1. The highest BCUT2D eigenvalue weighted by Crippen LogP contribution is 2.22. The first kappa shape index (κ1) is 16.2. The van der Waals surface area contributed by atoms with Gasteiger partial charge in [-0.3, -0.25) is 9.78 Å². The zero-order valence-electron chi connectivity index (χ0n) is 13.0. The molecule has 0 saturated heterocycles. The lowest BCUT2D eigenvalue weighted by Crippen LogP contribution is -2.25. The van der Waals surface area contributed by atoms with E-state index in [1.165, 1.54) is 6.07 Å². The number of nitrogens with zero attached hydrogens (tertiary/aromatic N) is 3. The summed E-state index contributed by atoms with van der Waals surface area (Å²) in [5.41, 5.74) is 7.93. The van der Waals surface area contributed by atoms with E-state index in [4.69, 9.17) is 15.7 Å². The van der Waals surface area contributed by atoms with Crippen LogP contribution in [-0.2, 0) is 6.54 Å². The van der Waals surface area contributed by atoms with Gasteiger partial charge in [0.15, 0.2) is 0 Å². The smallest absolute Gasteiger partial charge is 0.270 e. The monoisotopic (exact) mass is 311 g/mol. The number of nitrogen functional groups attached to an aromatic ring is 1. The van der Waals surface area contributed by atoms with Crippen molar-refractivity contribution in [3.05, 3.63) is 46.9 Å². The Hall–Kier alpha value is -3.14. The number of rotatable bonds is 5. The molecule has 2 rings (SSSR count). The van der Waals surface area contributed by atoms with E-state index in [1.54, 1.807) is 13.1 Å². The number of ether oxygens (including phenoxy) is 1. The number of aromatic nitrogens is 2. The molecule has 0 aromatic carbocycles. The van der Waals surface area contributed by atoms with Gasteiger partial charge in [-0.1, -0.05) is 6.07 Å². The van der Waals surface area contributed by atoms with Crippen molar-refractivity contribution in [2.24, 2.45) is 0 Å². The second-order valence-corrected chi connectivity index (χ2v) is 4.77. The molecule has 7 heteroatoms. The van der Waals surface area contributed by atoms with Crippen molar-refractivity contribution in [2.45, 2.75) is 20.4 Å². The first-order valence-corrected chi connectivity index (χ1v) is 7.09. The Bertz CT molecular complexity index is 768. The summed E-state index contributed by atoms with van der Waals surface area (Å²) in [5.74, 6) is -0.346. The number of pyridine rings is 2. The van der Waals surface area contributed by atoms with Crippen LogP contribution in [0.5, 0.6) is 5.88 Å². The van der Waals surface area contributed by atoms with Crippen LogP contribution >= 0.6 is 0 Å². The molecule has 0 aliphatic rings. The zero-order chi connectivity index (χ0) is 16.8. The molecular formula is C16H17N5O2. The molecular weight excluding hydrogens is 294 g/mol. The van der Waals surface area contributed by atoms with Crippen LogP contribution in [0.15, 0.2) is 24.4 Å². The minimum Gasteiger partial charge on any atom is -0.477 e. The first-order chi connectivity index (χ1) is 11.1. The van der Waals surface area contributed by atoms with Gasteiger partial charge >= 0.3 is 0 Å². The fourth-order valence-electron chi connectivity index (χ4n) is 1.97. The predicted octanol–water partition coefficient (Wildman–Crippen LogP) is 1.57. The Morgan fingerprint density at radius 2 is 2.30 bits per heavy atom. The molecule has 0 aliphatic carbocycles. The maximum atomic E-state index is 12.2. The van der Waals surface area contributed by atoms with E-state index < -0.39 is 5.91 Å². The summed E-state index contributed by atoms with van der Waals surface area (Å²) in [5, 5.41) is 11.8. The van der Waals surface area contributed by atoms with Gasteiger partial charge in [-0.05, 0) is 31.5 Å². The van der Waals surface area contributed by atoms with Gasteiger partial charge in [0.25, 0.3) is 5.91 Å². The van der Waals surface area contributed by atoms with E-state index in [2.05, 4.69) is 15.3 Å². The van der Waals surface area contributed by atoms with Crippen LogP contribution in [0.2, 0.25) is 0 Å². The molecule has 0 spiro atoms. The van der Waals surface area contributed by atoms with Crippen molar-refractivity contribution in [1.29, 1.82) is 5.26 Å². The number of nitrogens with two attached hydrogens (primary N) is 1. The molecule has 23 heavy (non-hydrogen) atoms. The summed E-state index contributed by atoms with van der Waals surface area (Å²) in [6.45, 7) is 4.27. The van der Waals surface area contributed by atoms with Crippen molar-refractivity contribution < 1.29 is 9.53 Å². The Balaban J connectivity index is 2.19. The molecule has 2 aromatic heterocycles. The van der Waals surface area contributed by atoms with Crippen LogP contribution < -0.4 is 15.8 Å². The van der Waals surface area contributed by atoms with Crippen LogP contribution in [-0.4, -0.2) is 22.5 Å². The summed E-state index contributed by atoms with van der Waals surface area (Å²) in [7, 11) is 0. The SMILES string of the molecule is CCOc1nc(C(=O)NCc2ncccc2C)cc(N)c1C#N. The zero-order valence-corrected chi connectivity index (χ0v) is 13.0. The van der Waals surface area contributed by atoms with Gasteiger partial charge < -0.3 is 15.8 Å². The molecule has 2 heterocycles. The van der Waals surface area contributed by atoms with Gasteiger partial charge in [-0.15, -0.1) is 0 Å². The van der Waals surface area contributed by atoms with E-state index in [9.17, 15) is 4.79 Å². The summed E-state index contributed by atoms with van der Waals surface area (Å²) in [4.78, 5) is 20.5. The summed E-state index contributed by atoms with van der Waals surface area (Å²) < 4.78 is 5.28. The van der Waals surface area contributed by atoms with Gasteiger partial charge in [-0.25, -0.2) is 4.98 Å². The van der Waals surface area contributed by atoms with Gasteiger partial charge in [0.1, 0.15) is 17.3 Å². The van der Waals surface area contributed by atoms with Crippen LogP contribution in [0.1, 0.15) is 34.2 Å². The lowest BCUT2D eigenvalue weighted by atomic mass is 10.2. The Kier molecular flexibility index (Phi) is 5.10. The lowest BCUT2D eigenvalue weighted by Gasteiger charge is -2.10. The number of amides is 1. The van der Waals surface area contributed by atoms with Crippen molar-refractivity contribution in [2.75, 3.05) is 12.3 Å². The molecule has 7 nitrogen and oxygen atoms in total. The van der Waals surface area contributed by atoms with Crippen molar-refractivity contribution in [3.8, 4) is 11.9 Å². The molecule has 0 bridgehead atoms. The Morgan fingerprint density at radius 1 is 1.52 bits per heavy atom. The normalized spacial score (nSPS) is 9.96. The Labute approximate surface area is 134 Å². The molecule has 1 amide bonds. The van der Waals surface area contributed by atoms with E-state index in [-0.39, 0.29) is 29.4 Å². The average Bonchev–Trinajstić information content (AvgIpc) is 2.54. The van der Waals surface area contributed by atoms with Gasteiger partial charge in [0, 0.05) is 6.20 Å². The molecule has 0 aliphatic heterocycles. The highest BCUT2D eigenvalue weighted by Gasteiger charge is 2.16. The van der Waals surface area contributed by atoms with Crippen molar-refractivity contribution in [3.63, 3.8) is 0 Å². The van der Waals surface area contributed by atoms with Crippen LogP contribution in [0.25, 0.3) is 0 Å². The van der Waals surface area contributed by atoms with E-state index in [0.29, 0.717) is 6.61 Å². The predicted molar refractivity (Wildman–Crippen MR) is 84.7 cm³/mol. The van der Waals surface area contributed by atoms with Crippen LogP contribution in [0.3, 0.4) is 0 Å². The molecule has 2 aromatic rings. The minimum atomic E-state index is -0.410. The number of carbonyl (C=O) groups is 1. The number of hydrogen-bond acceptors (Lipinski definition) is 6. The summed E-state index contributed by atoms with van der Waals surface area (Å²) >= 11 is 0. The number of nitriles is 1. The second kappa shape index (κ2) is 7.22. The number of anilines is 1. The minimum absolute atomic E-state index is 0.0640. The highest BCUT2D eigenvalue weighted by atomic mass is 16.5. The number of nitrogens with one attached hydrogen (secondary N) is 1. The first-order valence-electron chi connectivity index (χ1n) is 7.09. The lowest BCUT2D eigenvalue weighted by molar-refractivity contribution is 0.0944. The van der Waals surface area contributed by atoms with Crippen molar-refractivity contribution in [1.82, 2.24) is 15.3 Å². The maximum absolute atomic E-state index is 12.2. The fourth-order valence-corrected chi connectivity index (χ4v) is 1.97. The largest absolute Gasteiger partial charge is 0.477 e. The average molecular weight is 311 g/mol. The van der Waals surface area contributed by atoms with Gasteiger partial charge in [0.05, 0.1) is 24.5 Å². The summed E-state index contributed by atoms with van der Waals surface area (Å²) in [6, 6.07) is 7.04. The maximum Gasteiger partial charge on any atom is 0.270 e. The van der Waals surface area contributed by atoms with Crippen molar-refractivity contribution >= 4 is 11.6 Å². The van der Waals surface area contributed by atoms with Crippen LogP contribution in [0.4, 0.5) is 5.69 Å². The number of aryl methyl sites for hydroxylation is 1. The van der Waals surface area contributed by atoms with Gasteiger partial charge in [0.2, 0.25) is 5.88 Å². The molecule has 0 fully saturated rings. The molecule has 0 saturated carbocycles. The summed E-state index contributed by atoms with van der Waals surface area (Å²) in [6.07, 6.45) is 1.67.